The Hall–Kier alpha value is -3.57. The van der Waals surface area contributed by atoms with Gasteiger partial charge in [0.2, 0.25) is 5.95 Å². The highest BCUT2D eigenvalue weighted by Gasteiger charge is 2.33. The average Bonchev–Trinajstić information content (AvgIpc) is 3.60. The summed E-state index contributed by atoms with van der Waals surface area (Å²) in [6.07, 6.45) is 5.23. The van der Waals surface area contributed by atoms with Crippen molar-refractivity contribution in [3.8, 4) is 11.3 Å². The van der Waals surface area contributed by atoms with Gasteiger partial charge in [-0.2, -0.15) is 10.1 Å². The Morgan fingerprint density at radius 2 is 1.83 bits per heavy atom. The number of hydrogen-bond acceptors (Lipinski definition) is 8. The molecule has 0 bridgehead atoms. The molecule has 0 N–H and O–H groups in total. The van der Waals surface area contributed by atoms with E-state index in [2.05, 4.69) is 20.1 Å². The van der Waals surface area contributed by atoms with Gasteiger partial charge < -0.3 is 14.4 Å². The maximum atomic E-state index is 14.9. The van der Waals surface area contributed by atoms with Crippen LogP contribution in [0.4, 0.5) is 14.7 Å². The molecule has 0 amide bonds. The lowest BCUT2D eigenvalue weighted by Gasteiger charge is -2.37. The van der Waals surface area contributed by atoms with Crippen LogP contribution < -0.4 is 4.90 Å². The number of hydrogen-bond donors (Lipinski definition) is 0. The van der Waals surface area contributed by atoms with Gasteiger partial charge in [0.25, 0.3) is 0 Å². The summed E-state index contributed by atoms with van der Waals surface area (Å²) in [4.78, 5) is 20.5. The van der Waals surface area contributed by atoms with Crippen molar-refractivity contribution >= 4 is 17.1 Å². The molecule has 1 saturated heterocycles. The van der Waals surface area contributed by atoms with E-state index >= 15 is 0 Å². The second-order valence-corrected chi connectivity index (χ2v) is 9.24. The molecule has 6 rings (SSSR count). The average molecular weight is 494 g/mol. The van der Waals surface area contributed by atoms with E-state index in [1.54, 1.807) is 7.11 Å². The summed E-state index contributed by atoms with van der Waals surface area (Å²) in [5.41, 5.74) is 3.39. The Labute approximate surface area is 206 Å². The zero-order valence-corrected chi connectivity index (χ0v) is 20.2. The van der Waals surface area contributed by atoms with Gasteiger partial charge in [-0.25, -0.2) is 23.7 Å². The molecule has 9 nitrogen and oxygen atoms in total. The van der Waals surface area contributed by atoms with E-state index in [-0.39, 0.29) is 17.4 Å². The van der Waals surface area contributed by atoms with Gasteiger partial charge in [0.1, 0.15) is 28.9 Å². The predicted molar refractivity (Wildman–Crippen MR) is 127 cm³/mol. The minimum atomic E-state index is -0.733. The molecule has 4 heterocycles. The minimum Gasteiger partial charge on any atom is -0.354 e. The first kappa shape index (κ1) is 22.9. The van der Waals surface area contributed by atoms with Crippen LogP contribution in [-0.2, 0) is 9.47 Å². The number of aromatic nitrogens is 6. The predicted octanol–water partition coefficient (Wildman–Crippen LogP) is 4.06. The van der Waals surface area contributed by atoms with Crippen molar-refractivity contribution in [2.45, 2.75) is 45.1 Å². The van der Waals surface area contributed by atoms with Gasteiger partial charge >= 0.3 is 0 Å². The summed E-state index contributed by atoms with van der Waals surface area (Å²) in [5.74, 6) is -1.06. The maximum absolute atomic E-state index is 14.9. The summed E-state index contributed by atoms with van der Waals surface area (Å²) in [6.45, 7) is 4.45. The number of benzene rings is 1. The summed E-state index contributed by atoms with van der Waals surface area (Å²) < 4.78 is 42.2. The van der Waals surface area contributed by atoms with Gasteiger partial charge in [0.05, 0.1) is 36.7 Å². The third-order valence-electron chi connectivity index (χ3n) is 6.65. The molecule has 4 aromatic rings. The Morgan fingerprint density at radius 1 is 1.03 bits per heavy atom. The fraction of sp³-hybridized carbons (Fsp3) is 0.400. The first-order valence-corrected chi connectivity index (χ1v) is 11.8. The fourth-order valence-electron chi connectivity index (χ4n) is 4.37. The van der Waals surface area contributed by atoms with Gasteiger partial charge in [-0.15, -0.1) is 0 Å². The molecule has 1 aromatic carbocycles. The van der Waals surface area contributed by atoms with E-state index in [9.17, 15) is 8.78 Å². The molecule has 1 saturated carbocycles. The van der Waals surface area contributed by atoms with Crippen LogP contribution in [0.3, 0.4) is 0 Å². The summed E-state index contributed by atoms with van der Waals surface area (Å²) >= 11 is 0. The third kappa shape index (κ3) is 4.18. The number of fused-ring (bicyclic) bond motifs is 1. The number of rotatable bonds is 5. The first-order valence-electron chi connectivity index (χ1n) is 11.8. The van der Waals surface area contributed by atoms with Crippen LogP contribution >= 0.6 is 0 Å². The Balaban J connectivity index is 1.44. The first-order chi connectivity index (χ1) is 17.4. The van der Waals surface area contributed by atoms with Crippen molar-refractivity contribution in [1.82, 2.24) is 29.7 Å². The fourth-order valence-corrected chi connectivity index (χ4v) is 4.37. The van der Waals surface area contributed by atoms with Crippen LogP contribution in [0.1, 0.15) is 41.9 Å². The molecular formula is C25H25F2N7O2. The topological polar surface area (TPSA) is 91.1 Å². The molecule has 36 heavy (non-hydrogen) atoms. The Morgan fingerprint density at radius 3 is 2.58 bits per heavy atom. The number of halogens is 2. The lowest BCUT2D eigenvalue weighted by atomic mass is 10.1. The minimum absolute atomic E-state index is 0.126. The number of morpholine rings is 1. The van der Waals surface area contributed by atoms with Gasteiger partial charge in [-0.1, -0.05) is 0 Å². The van der Waals surface area contributed by atoms with Gasteiger partial charge in [0, 0.05) is 30.5 Å². The molecule has 2 fully saturated rings. The van der Waals surface area contributed by atoms with E-state index in [1.165, 1.54) is 12.1 Å². The number of ether oxygens (including phenoxy) is 2. The molecule has 0 unspecified atom stereocenters. The second-order valence-electron chi connectivity index (χ2n) is 9.24. The highest BCUT2D eigenvalue weighted by atomic mass is 19.1. The number of aryl methyl sites for hydroxylation is 2. The standard InChI is InChI=1S/C25H25F2N7O2/c1-13-14(2)30-24-23(29-13)22(18-7-4-16(26)8-19(18)27)31-25(32-24)33-11-20(36-21(12-33)35-3)15-9-28-34(10-15)17-5-6-17/h4,7-10,17,20-21H,5-6,11-12H2,1-3H3/t20-,21+/m0/s1. The molecular weight excluding hydrogens is 468 g/mol. The summed E-state index contributed by atoms with van der Waals surface area (Å²) in [7, 11) is 1.58. The van der Waals surface area contributed by atoms with E-state index in [4.69, 9.17) is 14.5 Å². The van der Waals surface area contributed by atoms with Gasteiger partial charge in [-0.05, 0) is 38.8 Å². The van der Waals surface area contributed by atoms with Crippen LogP contribution in [0.25, 0.3) is 22.4 Å². The van der Waals surface area contributed by atoms with Crippen molar-refractivity contribution in [2.75, 3.05) is 25.1 Å². The van der Waals surface area contributed by atoms with Gasteiger partial charge in [0.15, 0.2) is 11.9 Å². The Bertz CT molecular complexity index is 1460. The van der Waals surface area contributed by atoms with Crippen LogP contribution in [0.15, 0.2) is 30.6 Å². The monoisotopic (exact) mass is 493 g/mol. The highest BCUT2D eigenvalue weighted by molar-refractivity contribution is 5.88. The SMILES string of the molecule is CO[C@H]1CN(c2nc(-c3ccc(F)cc3F)c3nc(C)c(C)nc3n2)C[C@@H](c2cnn(C3CC3)c2)O1. The Kier molecular flexibility index (Phi) is 5.60. The molecule has 2 aliphatic rings. The van der Waals surface area contributed by atoms with Crippen LogP contribution in [-0.4, -0.2) is 56.2 Å². The number of methoxy groups -OCH3 is 1. The molecule has 1 aliphatic heterocycles. The van der Waals surface area contributed by atoms with E-state index in [0.29, 0.717) is 47.6 Å². The highest BCUT2D eigenvalue weighted by Crippen LogP contribution is 2.36. The molecule has 0 radical (unpaired) electrons. The summed E-state index contributed by atoms with van der Waals surface area (Å²) in [5, 5.41) is 4.49. The number of anilines is 1. The van der Waals surface area contributed by atoms with Gasteiger partial charge in [-0.3, -0.25) is 4.68 Å². The van der Waals surface area contributed by atoms with Crippen molar-refractivity contribution in [2.24, 2.45) is 0 Å². The lowest BCUT2D eigenvalue weighted by molar-refractivity contribution is -0.164. The largest absolute Gasteiger partial charge is 0.354 e. The maximum Gasteiger partial charge on any atom is 0.228 e. The van der Waals surface area contributed by atoms with Crippen molar-refractivity contribution < 1.29 is 18.3 Å². The van der Waals surface area contributed by atoms with Crippen LogP contribution in [0.2, 0.25) is 0 Å². The van der Waals surface area contributed by atoms with Crippen molar-refractivity contribution in [1.29, 1.82) is 0 Å². The molecule has 11 heteroatoms. The normalized spacial score (nSPS) is 20.3. The van der Waals surface area contributed by atoms with Crippen LogP contribution in [0.5, 0.6) is 0 Å². The van der Waals surface area contributed by atoms with E-state index in [1.807, 2.05) is 35.8 Å². The number of nitrogens with zero attached hydrogens (tertiary/aromatic N) is 7. The molecule has 3 aromatic heterocycles. The zero-order valence-electron chi connectivity index (χ0n) is 20.2. The van der Waals surface area contributed by atoms with E-state index < -0.39 is 17.9 Å². The molecule has 2 atom stereocenters. The summed E-state index contributed by atoms with van der Waals surface area (Å²) in [6, 6.07) is 3.85. The van der Waals surface area contributed by atoms with E-state index in [0.717, 1.165) is 24.5 Å². The van der Waals surface area contributed by atoms with Crippen molar-refractivity contribution in [3.63, 3.8) is 0 Å². The second kappa shape index (κ2) is 8.82. The molecule has 186 valence electrons. The molecule has 0 spiro atoms. The smallest absolute Gasteiger partial charge is 0.228 e. The third-order valence-corrected chi connectivity index (χ3v) is 6.65. The van der Waals surface area contributed by atoms with Crippen LogP contribution in [0, 0.1) is 25.5 Å². The zero-order chi connectivity index (χ0) is 25.0. The quantitative estimate of drug-likeness (QED) is 0.411. The lowest BCUT2D eigenvalue weighted by Crippen LogP contribution is -2.45. The molecule has 1 aliphatic carbocycles. The van der Waals surface area contributed by atoms with Crippen molar-refractivity contribution in [3.05, 3.63) is 59.2 Å².